The largest absolute Gasteiger partial charge is 0.508 e. The molecule has 0 aliphatic carbocycles. The molecule has 0 fully saturated rings. The first-order valence-electron chi connectivity index (χ1n) is 5.40. The van der Waals surface area contributed by atoms with Gasteiger partial charge in [0.25, 0.3) is 0 Å². The number of hydrogen-bond donors (Lipinski definition) is 3. The minimum atomic E-state index is -1.08. The summed E-state index contributed by atoms with van der Waals surface area (Å²) in [6.07, 6.45) is 0.295. The standard InChI is InChI=1S/C12H16N2O4/c1-14(7-11(16)17)12(18)10(13)6-8-2-4-9(15)5-3-8/h2-5,10,15H,6-7,13H2,1H3,(H,16,17)/t10-/m1/s1. The van der Waals surface area contributed by atoms with Crippen LogP contribution in [0.15, 0.2) is 24.3 Å². The molecule has 0 aliphatic heterocycles. The number of benzene rings is 1. The Morgan fingerprint density at radius 3 is 2.39 bits per heavy atom. The van der Waals surface area contributed by atoms with Crippen molar-refractivity contribution in [2.75, 3.05) is 13.6 Å². The molecule has 0 saturated heterocycles. The van der Waals surface area contributed by atoms with E-state index in [4.69, 9.17) is 15.9 Å². The average Bonchev–Trinajstić information content (AvgIpc) is 2.30. The molecule has 18 heavy (non-hydrogen) atoms. The van der Waals surface area contributed by atoms with Gasteiger partial charge in [-0.2, -0.15) is 0 Å². The van der Waals surface area contributed by atoms with Gasteiger partial charge >= 0.3 is 5.97 Å². The van der Waals surface area contributed by atoms with E-state index in [2.05, 4.69) is 0 Å². The monoisotopic (exact) mass is 252 g/mol. The summed E-state index contributed by atoms with van der Waals surface area (Å²) in [7, 11) is 1.40. The Balaban J connectivity index is 2.59. The molecular weight excluding hydrogens is 236 g/mol. The molecule has 1 atom stereocenters. The molecule has 0 bridgehead atoms. The molecule has 1 amide bonds. The maximum absolute atomic E-state index is 11.7. The highest BCUT2D eigenvalue weighted by Gasteiger charge is 2.19. The zero-order valence-corrected chi connectivity index (χ0v) is 10.0. The Morgan fingerprint density at radius 2 is 1.89 bits per heavy atom. The van der Waals surface area contributed by atoms with E-state index in [1.165, 1.54) is 19.2 Å². The molecule has 0 radical (unpaired) electrons. The maximum atomic E-state index is 11.7. The number of nitrogens with two attached hydrogens (primary N) is 1. The summed E-state index contributed by atoms with van der Waals surface area (Å²) in [6.45, 7) is -0.373. The molecular formula is C12H16N2O4. The third-order valence-electron chi connectivity index (χ3n) is 2.46. The number of phenolic OH excluding ortho intramolecular Hbond substituents is 1. The van der Waals surface area contributed by atoms with Crippen LogP contribution in [0.2, 0.25) is 0 Å². The summed E-state index contributed by atoms with van der Waals surface area (Å²) in [4.78, 5) is 23.3. The van der Waals surface area contributed by atoms with Crippen molar-refractivity contribution in [1.82, 2.24) is 4.90 Å². The van der Waals surface area contributed by atoms with Crippen molar-refractivity contribution in [2.24, 2.45) is 5.73 Å². The fourth-order valence-electron chi connectivity index (χ4n) is 1.54. The number of phenols is 1. The van der Waals surface area contributed by atoms with E-state index in [1.807, 2.05) is 0 Å². The van der Waals surface area contributed by atoms with E-state index in [1.54, 1.807) is 12.1 Å². The fourth-order valence-corrected chi connectivity index (χ4v) is 1.54. The van der Waals surface area contributed by atoms with Gasteiger partial charge in [-0.25, -0.2) is 0 Å². The molecule has 6 nitrogen and oxygen atoms in total. The smallest absolute Gasteiger partial charge is 0.323 e. The molecule has 1 rings (SSSR count). The Kier molecular flexibility index (Phi) is 4.67. The predicted octanol–water partition coefficient (Wildman–Crippen LogP) is -0.195. The summed E-state index contributed by atoms with van der Waals surface area (Å²) in [5.74, 6) is -1.37. The minimum Gasteiger partial charge on any atom is -0.508 e. The first-order chi connectivity index (χ1) is 8.40. The molecule has 0 spiro atoms. The Bertz CT molecular complexity index is 430. The van der Waals surface area contributed by atoms with Gasteiger partial charge in [0.1, 0.15) is 12.3 Å². The highest BCUT2D eigenvalue weighted by Crippen LogP contribution is 2.11. The van der Waals surface area contributed by atoms with Crippen molar-refractivity contribution in [3.05, 3.63) is 29.8 Å². The lowest BCUT2D eigenvalue weighted by atomic mass is 10.1. The molecule has 1 aromatic carbocycles. The van der Waals surface area contributed by atoms with Gasteiger partial charge in [0, 0.05) is 7.05 Å². The number of likely N-dealkylation sites (N-methyl/N-ethyl adjacent to an activating group) is 1. The third kappa shape index (κ3) is 4.06. The molecule has 0 unspecified atom stereocenters. The van der Waals surface area contributed by atoms with Crippen LogP contribution in [0.3, 0.4) is 0 Å². The summed E-state index contributed by atoms with van der Waals surface area (Å²) in [5.41, 5.74) is 6.52. The van der Waals surface area contributed by atoms with Crippen molar-refractivity contribution in [3.63, 3.8) is 0 Å². The van der Waals surface area contributed by atoms with Crippen LogP contribution in [0.4, 0.5) is 0 Å². The molecule has 4 N–H and O–H groups in total. The number of carboxylic acids is 1. The van der Waals surface area contributed by atoms with Crippen LogP contribution >= 0.6 is 0 Å². The Hall–Kier alpha value is -2.08. The molecule has 6 heteroatoms. The fraction of sp³-hybridized carbons (Fsp3) is 0.333. The average molecular weight is 252 g/mol. The van der Waals surface area contributed by atoms with Gasteiger partial charge in [-0.15, -0.1) is 0 Å². The second-order valence-electron chi connectivity index (χ2n) is 4.07. The van der Waals surface area contributed by atoms with Gasteiger partial charge in [0.2, 0.25) is 5.91 Å². The lowest BCUT2D eigenvalue weighted by molar-refractivity contribution is -0.143. The molecule has 0 aliphatic rings. The summed E-state index contributed by atoms with van der Waals surface area (Å²) >= 11 is 0. The zero-order chi connectivity index (χ0) is 13.7. The molecule has 98 valence electrons. The normalized spacial score (nSPS) is 11.9. The number of hydrogen-bond acceptors (Lipinski definition) is 4. The van der Waals surface area contributed by atoms with Crippen molar-refractivity contribution < 1.29 is 19.8 Å². The molecule has 1 aromatic rings. The quantitative estimate of drug-likeness (QED) is 0.673. The number of amides is 1. The maximum Gasteiger partial charge on any atom is 0.323 e. The van der Waals surface area contributed by atoms with Gasteiger partial charge < -0.3 is 20.8 Å². The highest BCUT2D eigenvalue weighted by molar-refractivity contribution is 5.85. The summed E-state index contributed by atoms with van der Waals surface area (Å²) in [5, 5.41) is 17.7. The lowest BCUT2D eigenvalue weighted by Gasteiger charge is -2.19. The number of rotatable bonds is 5. The SMILES string of the molecule is CN(CC(=O)O)C(=O)[C@H](N)Cc1ccc(O)cc1. The van der Waals surface area contributed by atoms with Crippen molar-refractivity contribution in [1.29, 1.82) is 0 Å². The summed E-state index contributed by atoms with van der Waals surface area (Å²) in [6, 6.07) is 5.55. The van der Waals surface area contributed by atoms with Gasteiger partial charge in [0.05, 0.1) is 6.04 Å². The van der Waals surface area contributed by atoms with E-state index in [9.17, 15) is 9.59 Å². The second kappa shape index (κ2) is 6.02. The van der Waals surface area contributed by atoms with Crippen LogP contribution in [0.25, 0.3) is 0 Å². The second-order valence-corrected chi connectivity index (χ2v) is 4.07. The van der Waals surface area contributed by atoms with E-state index < -0.39 is 17.9 Å². The summed E-state index contributed by atoms with van der Waals surface area (Å²) < 4.78 is 0. The number of carbonyl (C=O) groups excluding carboxylic acids is 1. The van der Waals surface area contributed by atoms with E-state index in [0.29, 0.717) is 6.42 Å². The van der Waals surface area contributed by atoms with Gasteiger partial charge in [0.15, 0.2) is 0 Å². The van der Waals surface area contributed by atoms with Crippen LogP contribution in [0.5, 0.6) is 5.75 Å². The molecule has 0 heterocycles. The van der Waals surface area contributed by atoms with Gasteiger partial charge in [-0.05, 0) is 24.1 Å². The number of aromatic hydroxyl groups is 1. The van der Waals surface area contributed by atoms with Crippen LogP contribution in [-0.2, 0) is 16.0 Å². The van der Waals surface area contributed by atoms with Crippen molar-refractivity contribution in [2.45, 2.75) is 12.5 Å². The number of carboxylic acid groups (broad SMARTS) is 1. The minimum absolute atomic E-state index is 0.140. The lowest BCUT2D eigenvalue weighted by Crippen LogP contribution is -2.44. The van der Waals surface area contributed by atoms with E-state index in [0.717, 1.165) is 10.5 Å². The van der Waals surface area contributed by atoms with Crippen LogP contribution < -0.4 is 5.73 Å². The zero-order valence-electron chi connectivity index (χ0n) is 10.0. The third-order valence-corrected chi connectivity index (χ3v) is 2.46. The Labute approximate surface area is 105 Å². The number of aliphatic carboxylic acids is 1. The number of carbonyl (C=O) groups is 2. The predicted molar refractivity (Wildman–Crippen MR) is 65.1 cm³/mol. The highest BCUT2D eigenvalue weighted by atomic mass is 16.4. The van der Waals surface area contributed by atoms with Crippen LogP contribution in [0.1, 0.15) is 5.56 Å². The molecule has 0 aromatic heterocycles. The van der Waals surface area contributed by atoms with Crippen molar-refractivity contribution in [3.8, 4) is 5.75 Å². The first-order valence-corrected chi connectivity index (χ1v) is 5.40. The van der Waals surface area contributed by atoms with Crippen molar-refractivity contribution >= 4 is 11.9 Å². The number of nitrogens with zero attached hydrogens (tertiary/aromatic N) is 1. The first kappa shape index (κ1) is 14.0. The van der Waals surface area contributed by atoms with Crippen LogP contribution in [0, 0.1) is 0 Å². The van der Waals surface area contributed by atoms with E-state index >= 15 is 0 Å². The van der Waals surface area contributed by atoms with Crippen LogP contribution in [-0.4, -0.2) is 46.6 Å². The van der Waals surface area contributed by atoms with Gasteiger partial charge in [-0.3, -0.25) is 9.59 Å². The van der Waals surface area contributed by atoms with Gasteiger partial charge in [-0.1, -0.05) is 12.1 Å². The Morgan fingerprint density at radius 1 is 1.33 bits per heavy atom. The van der Waals surface area contributed by atoms with E-state index in [-0.39, 0.29) is 12.3 Å². The molecule has 0 saturated carbocycles. The topological polar surface area (TPSA) is 104 Å².